The Labute approximate surface area is 109 Å². The molecule has 0 aliphatic heterocycles. The number of nitrogens with zero attached hydrogens (tertiary/aromatic N) is 3. The van der Waals surface area contributed by atoms with Gasteiger partial charge in [0, 0.05) is 18.3 Å². The first-order valence-corrected chi connectivity index (χ1v) is 5.67. The van der Waals surface area contributed by atoms with Gasteiger partial charge in [-0.2, -0.15) is 0 Å². The van der Waals surface area contributed by atoms with E-state index in [1.54, 1.807) is 30.3 Å². The summed E-state index contributed by atoms with van der Waals surface area (Å²) in [5, 5.41) is 0.478. The lowest BCUT2D eigenvalue weighted by Crippen LogP contribution is -2.19. The lowest BCUT2D eigenvalue weighted by molar-refractivity contribution is 0.621. The van der Waals surface area contributed by atoms with E-state index in [2.05, 4.69) is 9.97 Å². The predicted molar refractivity (Wildman–Crippen MR) is 70.0 cm³/mol. The van der Waals surface area contributed by atoms with Crippen molar-refractivity contribution in [3.05, 3.63) is 47.1 Å². The Morgan fingerprint density at radius 2 is 2.17 bits per heavy atom. The average molecular weight is 267 g/mol. The van der Waals surface area contributed by atoms with Gasteiger partial charge in [0.1, 0.15) is 17.5 Å². The highest BCUT2D eigenvalue weighted by Crippen LogP contribution is 2.23. The molecule has 0 fully saturated rings. The fourth-order valence-corrected chi connectivity index (χ4v) is 1.73. The molecule has 1 heterocycles. The van der Waals surface area contributed by atoms with Crippen LogP contribution < -0.4 is 10.6 Å². The van der Waals surface area contributed by atoms with E-state index in [1.165, 1.54) is 12.1 Å². The van der Waals surface area contributed by atoms with E-state index in [1.807, 2.05) is 0 Å². The molecule has 6 heteroatoms. The van der Waals surface area contributed by atoms with Crippen molar-refractivity contribution >= 4 is 23.1 Å². The SMILES string of the molecule is CN(Cc1nccc(N)n1)c1cc(Cl)ccc1F. The van der Waals surface area contributed by atoms with Crippen molar-refractivity contribution in [2.45, 2.75) is 6.54 Å². The number of benzene rings is 1. The number of nitrogens with two attached hydrogens (primary N) is 1. The molecule has 4 nitrogen and oxygen atoms in total. The molecule has 0 aliphatic carbocycles. The van der Waals surface area contributed by atoms with Crippen molar-refractivity contribution in [3.63, 3.8) is 0 Å². The molecule has 0 radical (unpaired) electrons. The number of nitrogen functional groups attached to an aromatic ring is 1. The van der Waals surface area contributed by atoms with E-state index in [9.17, 15) is 4.39 Å². The van der Waals surface area contributed by atoms with Gasteiger partial charge in [0.2, 0.25) is 0 Å². The number of rotatable bonds is 3. The molecule has 0 amide bonds. The Kier molecular flexibility index (Phi) is 3.62. The van der Waals surface area contributed by atoms with Crippen molar-refractivity contribution in [2.24, 2.45) is 0 Å². The predicted octanol–water partition coefficient (Wildman–Crippen LogP) is 2.49. The lowest BCUT2D eigenvalue weighted by Gasteiger charge is -2.19. The van der Waals surface area contributed by atoms with Crippen LogP contribution in [0.5, 0.6) is 0 Å². The van der Waals surface area contributed by atoms with E-state index >= 15 is 0 Å². The quantitative estimate of drug-likeness (QED) is 0.927. The second-order valence-corrected chi connectivity index (χ2v) is 4.29. The molecule has 0 spiro atoms. The molecule has 0 saturated carbocycles. The summed E-state index contributed by atoms with van der Waals surface area (Å²) in [6.07, 6.45) is 1.57. The van der Waals surface area contributed by atoms with Crippen molar-refractivity contribution in [2.75, 3.05) is 17.7 Å². The summed E-state index contributed by atoms with van der Waals surface area (Å²) < 4.78 is 13.6. The first-order valence-electron chi connectivity index (χ1n) is 5.30. The Hall–Kier alpha value is -1.88. The van der Waals surface area contributed by atoms with Crippen molar-refractivity contribution < 1.29 is 4.39 Å². The lowest BCUT2D eigenvalue weighted by atomic mass is 10.3. The van der Waals surface area contributed by atoms with Crippen molar-refractivity contribution in [1.82, 2.24) is 9.97 Å². The van der Waals surface area contributed by atoms with Crippen molar-refractivity contribution in [3.8, 4) is 0 Å². The summed E-state index contributed by atoms with van der Waals surface area (Å²) in [7, 11) is 1.74. The topological polar surface area (TPSA) is 55.0 Å². The van der Waals surface area contributed by atoms with E-state index in [0.29, 0.717) is 28.9 Å². The van der Waals surface area contributed by atoms with Gasteiger partial charge in [-0.05, 0) is 24.3 Å². The monoisotopic (exact) mass is 266 g/mol. The third kappa shape index (κ3) is 2.87. The Bertz CT molecular complexity index is 562. The Morgan fingerprint density at radius 3 is 2.89 bits per heavy atom. The maximum absolute atomic E-state index is 13.6. The molecule has 1 aromatic carbocycles. The molecule has 0 saturated heterocycles. The standard InChI is InChI=1S/C12H12ClFN4/c1-18(7-12-16-5-4-11(15)17-12)10-6-8(13)2-3-9(10)14/h2-6H,7H2,1H3,(H2,15,16,17). The van der Waals surface area contributed by atoms with Crippen LogP contribution in [-0.4, -0.2) is 17.0 Å². The van der Waals surface area contributed by atoms with E-state index in [0.717, 1.165) is 0 Å². The van der Waals surface area contributed by atoms with Gasteiger partial charge in [0.25, 0.3) is 0 Å². The Balaban J connectivity index is 2.21. The number of hydrogen-bond acceptors (Lipinski definition) is 4. The van der Waals surface area contributed by atoms with Gasteiger partial charge in [-0.1, -0.05) is 11.6 Å². The molecule has 94 valence electrons. The van der Waals surface area contributed by atoms with Gasteiger partial charge >= 0.3 is 0 Å². The zero-order valence-corrected chi connectivity index (χ0v) is 10.5. The second kappa shape index (κ2) is 5.18. The van der Waals surface area contributed by atoms with Crippen LogP contribution in [0.1, 0.15) is 5.82 Å². The van der Waals surface area contributed by atoms with Gasteiger partial charge in [-0.15, -0.1) is 0 Å². The van der Waals surface area contributed by atoms with Crippen molar-refractivity contribution in [1.29, 1.82) is 0 Å². The number of hydrogen-bond donors (Lipinski definition) is 1. The smallest absolute Gasteiger partial charge is 0.149 e. The fourth-order valence-electron chi connectivity index (χ4n) is 1.57. The summed E-state index contributed by atoms with van der Waals surface area (Å²) in [5.41, 5.74) is 5.96. The van der Waals surface area contributed by atoms with E-state index < -0.39 is 0 Å². The normalized spacial score (nSPS) is 10.4. The number of halogens is 2. The van der Waals surface area contributed by atoms with Crippen LogP contribution in [0.4, 0.5) is 15.9 Å². The zero-order chi connectivity index (χ0) is 13.1. The maximum Gasteiger partial charge on any atom is 0.149 e. The second-order valence-electron chi connectivity index (χ2n) is 3.85. The summed E-state index contributed by atoms with van der Waals surface area (Å²) >= 11 is 5.84. The molecule has 0 unspecified atom stereocenters. The molecule has 0 atom stereocenters. The van der Waals surface area contributed by atoms with Gasteiger partial charge in [0.15, 0.2) is 0 Å². The molecule has 2 N–H and O–H groups in total. The van der Waals surface area contributed by atoms with Gasteiger partial charge in [-0.25, -0.2) is 14.4 Å². The third-order valence-electron chi connectivity index (χ3n) is 2.43. The third-order valence-corrected chi connectivity index (χ3v) is 2.66. The molecule has 1 aromatic heterocycles. The van der Waals surface area contributed by atoms with E-state index in [-0.39, 0.29) is 5.82 Å². The molecule has 0 aliphatic rings. The first-order chi connectivity index (χ1) is 8.56. The summed E-state index contributed by atoms with van der Waals surface area (Å²) in [6, 6.07) is 5.99. The fraction of sp³-hybridized carbons (Fsp3) is 0.167. The van der Waals surface area contributed by atoms with Crippen LogP contribution in [0.2, 0.25) is 5.02 Å². The molecule has 2 aromatic rings. The highest BCUT2D eigenvalue weighted by molar-refractivity contribution is 6.30. The highest BCUT2D eigenvalue weighted by Gasteiger charge is 2.10. The minimum absolute atomic E-state index is 0.342. The number of aromatic nitrogens is 2. The molecular weight excluding hydrogens is 255 g/mol. The number of anilines is 2. The minimum Gasteiger partial charge on any atom is -0.384 e. The minimum atomic E-state index is -0.342. The summed E-state index contributed by atoms with van der Waals surface area (Å²) in [5.74, 6) is 0.572. The Morgan fingerprint density at radius 1 is 1.39 bits per heavy atom. The zero-order valence-electron chi connectivity index (χ0n) is 9.77. The summed E-state index contributed by atoms with van der Waals surface area (Å²) in [6.45, 7) is 0.350. The van der Waals surface area contributed by atoms with Crippen LogP contribution in [0.25, 0.3) is 0 Å². The van der Waals surface area contributed by atoms with E-state index in [4.69, 9.17) is 17.3 Å². The van der Waals surface area contributed by atoms with Gasteiger partial charge < -0.3 is 10.6 Å². The van der Waals surface area contributed by atoms with Gasteiger partial charge in [-0.3, -0.25) is 0 Å². The van der Waals surface area contributed by atoms with Crippen LogP contribution >= 0.6 is 11.6 Å². The highest BCUT2D eigenvalue weighted by atomic mass is 35.5. The molecule has 0 bridgehead atoms. The average Bonchev–Trinajstić information content (AvgIpc) is 2.32. The maximum atomic E-state index is 13.6. The first kappa shape index (κ1) is 12.6. The van der Waals surface area contributed by atoms with Crippen LogP contribution in [0, 0.1) is 5.82 Å². The molecular formula is C12H12ClFN4. The van der Waals surface area contributed by atoms with Crippen LogP contribution in [0.3, 0.4) is 0 Å². The van der Waals surface area contributed by atoms with Gasteiger partial charge in [0.05, 0.1) is 12.2 Å². The largest absolute Gasteiger partial charge is 0.384 e. The van der Waals surface area contributed by atoms with Crippen LogP contribution in [-0.2, 0) is 6.54 Å². The molecule has 2 rings (SSSR count). The molecule has 18 heavy (non-hydrogen) atoms. The van der Waals surface area contributed by atoms with Crippen LogP contribution in [0.15, 0.2) is 30.5 Å². The summed E-state index contributed by atoms with van der Waals surface area (Å²) in [4.78, 5) is 9.81.